The van der Waals surface area contributed by atoms with E-state index >= 15 is 0 Å². The summed E-state index contributed by atoms with van der Waals surface area (Å²) in [5, 5.41) is 0. The maximum absolute atomic E-state index is 12.5. The molecule has 45 heavy (non-hydrogen) atoms. The van der Waals surface area contributed by atoms with E-state index in [1.54, 1.807) is 0 Å². The molecule has 0 aromatic carbocycles. The van der Waals surface area contributed by atoms with E-state index in [0.29, 0.717) is 17.4 Å². The highest BCUT2D eigenvalue weighted by Crippen LogP contribution is 2.43. The molecule has 0 aromatic rings. The SMILES string of the molecule is CCC/C=C\CCCCCCCC(=O)OCC(COP(=O)(O)OCC[N+](C)(C)C)OC(=O)CCCCCCC/C=C\CCCC. The number of quaternary nitrogens is 1. The zero-order chi connectivity index (χ0) is 33.7. The van der Waals surface area contributed by atoms with Gasteiger partial charge in [0.2, 0.25) is 0 Å². The van der Waals surface area contributed by atoms with E-state index < -0.39 is 26.5 Å². The highest BCUT2D eigenvalue weighted by molar-refractivity contribution is 7.47. The van der Waals surface area contributed by atoms with Gasteiger partial charge < -0.3 is 18.9 Å². The van der Waals surface area contributed by atoms with Gasteiger partial charge in [-0.1, -0.05) is 95.9 Å². The molecule has 0 saturated carbocycles. The number of carbonyl (C=O) groups is 2. The zero-order valence-electron chi connectivity index (χ0n) is 29.3. The van der Waals surface area contributed by atoms with Crippen molar-refractivity contribution in [2.24, 2.45) is 0 Å². The number of likely N-dealkylation sites (N-methyl/N-ethyl adjacent to an activating group) is 1. The summed E-state index contributed by atoms with van der Waals surface area (Å²) in [7, 11) is 1.46. The number of unbranched alkanes of at least 4 members (excludes halogenated alkanes) is 13. The smallest absolute Gasteiger partial charge is 0.462 e. The van der Waals surface area contributed by atoms with Gasteiger partial charge in [0, 0.05) is 12.8 Å². The largest absolute Gasteiger partial charge is 0.472 e. The second kappa shape index (κ2) is 28.7. The summed E-state index contributed by atoms with van der Waals surface area (Å²) < 4.78 is 34.0. The normalized spacial score (nSPS) is 14.2. The van der Waals surface area contributed by atoms with E-state index in [1.807, 2.05) is 21.1 Å². The third-order valence-electron chi connectivity index (χ3n) is 7.18. The first-order valence-corrected chi connectivity index (χ1v) is 19.1. The molecule has 0 rings (SSSR count). The molecule has 0 aromatic heterocycles. The van der Waals surface area contributed by atoms with Gasteiger partial charge >= 0.3 is 19.8 Å². The van der Waals surface area contributed by atoms with Crippen molar-refractivity contribution in [3.8, 4) is 0 Å². The van der Waals surface area contributed by atoms with E-state index in [0.717, 1.165) is 83.5 Å². The number of allylic oxidation sites excluding steroid dienone is 4. The molecule has 0 spiro atoms. The average Bonchev–Trinajstić information content (AvgIpc) is 2.97. The Morgan fingerprint density at radius 2 is 1.18 bits per heavy atom. The molecular weight excluding hydrogens is 593 g/mol. The first kappa shape index (κ1) is 43.5. The van der Waals surface area contributed by atoms with Crippen LogP contribution < -0.4 is 0 Å². The van der Waals surface area contributed by atoms with Crippen LogP contribution in [0.5, 0.6) is 0 Å². The van der Waals surface area contributed by atoms with Crippen molar-refractivity contribution >= 4 is 19.8 Å². The van der Waals surface area contributed by atoms with Crippen LogP contribution in [0.15, 0.2) is 24.3 Å². The second-order valence-electron chi connectivity index (χ2n) is 12.9. The minimum Gasteiger partial charge on any atom is -0.462 e. The molecule has 0 fully saturated rings. The summed E-state index contributed by atoms with van der Waals surface area (Å²) in [6.07, 6.45) is 26.6. The Balaban J connectivity index is 4.52. The van der Waals surface area contributed by atoms with Crippen molar-refractivity contribution in [2.45, 2.75) is 142 Å². The summed E-state index contributed by atoms with van der Waals surface area (Å²) in [6.45, 7) is 4.27. The number of rotatable bonds is 31. The standard InChI is InChI=1S/C35H66NO8P/c1-6-8-10-12-14-16-18-20-22-24-26-28-35(38)44-33(32-43-45(39,40)42-30-29-36(3,4)5)31-41-34(37)27-25-23-21-19-17-15-13-11-9-7-2/h11-14,33H,6-10,15-32H2,1-5H3/p+1/b13-11-,14-12-. The molecule has 0 bridgehead atoms. The Morgan fingerprint density at radius 1 is 0.667 bits per heavy atom. The van der Waals surface area contributed by atoms with Crippen LogP contribution in [0.1, 0.15) is 136 Å². The second-order valence-corrected chi connectivity index (χ2v) is 14.3. The Kier molecular flexibility index (Phi) is 27.7. The fourth-order valence-corrected chi connectivity index (χ4v) is 5.09. The van der Waals surface area contributed by atoms with Crippen molar-refractivity contribution in [3.05, 3.63) is 24.3 Å². The van der Waals surface area contributed by atoms with Gasteiger partial charge in [0.05, 0.1) is 27.7 Å². The van der Waals surface area contributed by atoms with Crippen LogP contribution in [0.4, 0.5) is 0 Å². The maximum atomic E-state index is 12.5. The lowest BCUT2D eigenvalue weighted by molar-refractivity contribution is -0.870. The molecule has 0 saturated heterocycles. The van der Waals surface area contributed by atoms with E-state index in [2.05, 4.69) is 38.2 Å². The van der Waals surface area contributed by atoms with Gasteiger partial charge in [-0.25, -0.2) is 4.57 Å². The van der Waals surface area contributed by atoms with Crippen LogP contribution in [0.2, 0.25) is 0 Å². The van der Waals surface area contributed by atoms with Gasteiger partial charge in [-0.3, -0.25) is 18.6 Å². The van der Waals surface area contributed by atoms with Crippen LogP contribution in [0.3, 0.4) is 0 Å². The molecule has 0 aliphatic heterocycles. The average molecular weight is 661 g/mol. The van der Waals surface area contributed by atoms with Crippen molar-refractivity contribution in [1.82, 2.24) is 0 Å². The highest BCUT2D eigenvalue weighted by atomic mass is 31.2. The van der Waals surface area contributed by atoms with Crippen LogP contribution in [-0.4, -0.2) is 74.9 Å². The number of hydrogen-bond donors (Lipinski definition) is 1. The van der Waals surface area contributed by atoms with E-state index in [1.165, 1.54) is 19.3 Å². The Labute approximate surface area is 275 Å². The molecule has 0 amide bonds. The van der Waals surface area contributed by atoms with E-state index in [9.17, 15) is 19.0 Å². The molecule has 10 heteroatoms. The summed E-state index contributed by atoms with van der Waals surface area (Å²) in [4.78, 5) is 35.0. The highest BCUT2D eigenvalue weighted by Gasteiger charge is 2.27. The summed E-state index contributed by atoms with van der Waals surface area (Å²) in [5.41, 5.74) is 0. The van der Waals surface area contributed by atoms with Crippen molar-refractivity contribution in [3.63, 3.8) is 0 Å². The number of phosphoric ester groups is 1. The minimum absolute atomic E-state index is 0.0292. The zero-order valence-corrected chi connectivity index (χ0v) is 30.2. The lowest BCUT2D eigenvalue weighted by Gasteiger charge is -2.24. The van der Waals surface area contributed by atoms with Gasteiger partial charge in [-0.2, -0.15) is 0 Å². The predicted molar refractivity (Wildman–Crippen MR) is 183 cm³/mol. The number of ether oxygens (including phenoxy) is 2. The molecule has 0 aliphatic rings. The quantitative estimate of drug-likeness (QED) is 0.0258. The monoisotopic (exact) mass is 660 g/mol. The summed E-state index contributed by atoms with van der Waals surface area (Å²) in [5.74, 6) is -0.827. The molecule has 9 nitrogen and oxygen atoms in total. The summed E-state index contributed by atoms with van der Waals surface area (Å²) in [6, 6.07) is 0. The lowest BCUT2D eigenvalue weighted by atomic mass is 10.1. The van der Waals surface area contributed by atoms with Gasteiger partial charge in [0.15, 0.2) is 6.10 Å². The molecule has 0 heterocycles. The molecule has 1 N–H and O–H groups in total. The Morgan fingerprint density at radius 3 is 1.73 bits per heavy atom. The van der Waals surface area contributed by atoms with Gasteiger partial charge in [-0.05, 0) is 51.4 Å². The molecule has 0 radical (unpaired) electrons. The number of nitrogens with zero attached hydrogens (tertiary/aromatic N) is 1. The topological polar surface area (TPSA) is 108 Å². The van der Waals surface area contributed by atoms with Crippen LogP contribution in [-0.2, 0) is 32.7 Å². The minimum atomic E-state index is -4.36. The van der Waals surface area contributed by atoms with Crippen molar-refractivity contribution < 1.29 is 42.1 Å². The fraction of sp³-hybridized carbons (Fsp3) is 0.829. The number of hydrogen-bond acceptors (Lipinski definition) is 7. The molecule has 2 atom stereocenters. The molecular formula is C35H67NO8P+. The van der Waals surface area contributed by atoms with E-state index in [4.69, 9.17) is 18.5 Å². The van der Waals surface area contributed by atoms with Gasteiger partial charge in [0.1, 0.15) is 19.8 Å². The lowest BCUT2D eigenvalue weighted by Crippen LogP contribution is -2.37. The van der Waals surface area contributed by atoms with Crippen LogP contribution in [0, 0.1) is 0 Å². The summed E-state index contributed by atoms with van der Waals surface area (Å²) >= 11 is 0. The third-order valence-corrected chi connectivity index (χ3v) is 8.17. The Bertz CT molecular complexity index is 840. The Hall–Kier alpha value is -1.51. The first-order valence-electron chi connectivity index (χ1n) is 17.6. The van der Waals surface area contributed by atoms with Crippen LogP contribution in [0.25, 0.3) is 0 Å². The van der Waals surface area contributed by atoms with E-state index in [-0.39, 0.29) is 32.0 Å². The van der Waals surface area contributed by atoms with Crippen molar-refractivity contribution in [2.75, 3.05) is 47.5 Å². The number of esters is 2. The molecule has 264 valence electrons. The van der Waals surface area contributed by atoms with Crippen molar-refractivity contribution in [1.29, 1.82) is 0 Å². The van der Waals surface area contributed by atoms with Gasteiger partial charge in [0.25, 0.3) is 0 Å². The van der Waals surface area contributed by atoms with Gasteiger partial charge in [-0.15, -0.1) is 0 Å². The first-order chi connectivity index (χ1) is 21.5. The maximum Gasteiger partial charge on any atom is 0.472 e. The number of carbonyl (C=O) groups excluding carboxylic acids is 2. The van der Waals surface area contributed by atoms with Crippen LogP contribution >= 0.6 is 7.82 Å². The number of phosphoric acid groups is 1. The predicted octanol–water partition coefficient (Wildman–Crippen LogP) is 8.85. The molecule has 0 aliphatic carbocycles. The molecule has 2 unspecified atom stereocenters. The third kappa shape index (κ3) is 32.2. The fourth-order valence-electron chi connectivity index (χ4n) is 4.35.